The zero-order valence-electron chi connectivity index (χ0n) is 7.66. The number of nitrogens with zero attached hydrogens (tertiary/aromatic N) is 2. The predicted molar refractivity (Wildman–Crippen MR) is 48.3 cm³/mol. The lowest BCUT2D eigenvalue weighted by Crippen LogP contribution is -2.40. The minimum atomic E-state index is -0.0581. The Morgan fingerprint density at radius 2 is 2.46 bits per heavy atom. The zero-order valence-corrected chi connectivity index (χ0v) is 7.66. The van der Waals surface area contributed by atoms with Crippen LogP contribution in [0, 0.1) is 0 Å². The van der Waals surface area contributed by atoms with Crippen molar-refractivity contribution in [1.29, 1.82) is 0 Å². The number of nitrogens with one attached hydrogen (secondary N) is 1. The number of amides is 1. The molecule has 1 fully saturated rings. The van der Waals surface area contributed by atoms with Crippen molar-refractivity contribution in [2.24, 2.45) is 7.05 Å². The highest BCUT2D eigenvalue weighted by atomic mass is 16.2. The molecule has 1 N–H and O–H groups in total. The third-order valence-corrected chi connectivity index (χ3v) is 2.46. The Morgan fingerprint density at radius 1 is 1.69 bits per heavy atom. The molecule has 0 aromatic carbocycles. The Hall–Kier alpha value is -1.32. The standard InChI is InChI=1S/C9H13N3O/c1-12-6-5-10-8(12)9(13)11-7-3-2-4-7/h5-7H,2-4H2,1H3,(H,11,13). The Kier molecular flexibility index (Phi) is 2.04. The van der Waals surface area contributed by atoms with E-state index in [1.165, 1.54) is 6.42 Å². The largest absolute Gasteiger partial charge is 0.347 e. The van der Waals surface area contributed by atoms with Crippen molar-refractivity contribution < 1.29 is 4.79 Å². The van der Waals surface area contributed by atoms with Crippen molar-refractivity contribution in [3.05, 3.63) is 18.2 Å². The summed E-state index contributed by atoms with van der Waals surface area (Å²) in [7, 11) is 1.82. The van der Waals surface area contributed by atoms with Crippen molar-refractivity contribution >= 4 is 5.91 Å². The smallest absolute Gasteiger partial charge is 0.287 e. The minimum Gasteiger partial charge on any atom is -0.347 e. The molecule has 1 aliphatic carbocycles. The van der Waals surface area contributed by atoms with Gasteiger partial charge in [0.05, 0.1) is 0 Å². The second kappa shape index (κ2) is 3.20. The monoisotopic (exact) mass is 179 g/mol. The maximum atomic E-state index is 11.5. The van der Waals surface area contributed by atoms with Crippen LogP contribution in [0.2, 0.25) is 0 Å². The van der Waals surface area contributed by atoms with Gasteiger partial charge in [-0.15, -0.1) is 0 Å². The summed E-state index contributed by atoms with van der Waals surface area (Å²) in [6.45, 7) is 0. The van der Waals surface area contributed by atoms with Crippen LogP contribution in [0.25, 0.3) is 0 Å². The Bertz CT molecular complexity index is 314. The highest BCUT2D eigenvalue weighted by molar-refractivity contribution is 5.90. The quantitative estimate of drug-likeness (QED) is 0.726. The molecule has 0 saturated heterocycles. The number of rotatable bonds is 2. The number of carbonyl (C=O) groups is 1. The first kappa shape index (κ1) is 8.29. The van der Waals surface area contributed by atoms with E-state index >= 15 is 0 Å². The first-order valence-corrected chi connectivity index (χ1v) is 4.55. The van der Waals surface area contributed by atoms with Gasteiger partial charge in [-0.3, -0.25) is 4.79 Å². The molecule has 1 aromatic heterocycles. The minimum absolute atomic E-state index is 0.0581. The summed E-state index contributed by atoms with van der Waals surface area (Å²) in [5.74, 6) is 0.434. The first-order valence-electron chi connectivity index (χ1n) is 4.55. The second-order valence-corrected chi connectivity index (χ2v) is 3.46. The normalized spacial score (nSPS) is 16.7. The number of hydrogen-bond acceptors (Lipinski definition) is 2. The molecule has 1 heterocycles. The van der Waals surface area contributed by atoms with E-state index in [4.69, 9.17) is 0 Å². The van der Waals surface area contributed by atoms with Gasteiger partial charge in [0.1, 0.15) is 0 Å². The number of aryl methyl sites for hydroxylation is 1. The van der Waals surface area contributed by atoms with Crippen LogP contribution in [-0.4, -0.2) is 21.5 Å². The topological polar surface area (TPSA) is 46.9 Å². The number of carbonyl (C=O) groups excluding carboxylic acids is 1. The summed E-state index contributed by atoms with van der Waals surface area (Å²) >= 11 is 0. The Morgan fingerprint density at radius 3 is 2.92 bits per heavy atom. The number of aromatic nitrogens is 2. The van der Waals surface area contributed by atoms with Gasteiger partial charge in [-0.2, -0.15) is 0 Å². The lowest BCUT2D eigenvalue weighted by molar-refractivity contribution is 0.0903. The fourth-order valence-corrected chi connectivity index (χ4v) is 1.39. The van der Waals surface area contributed by atoms with Crippen LogP contribution >= 0.6 is 0 Å². The third-order valence-electron chi connectivity index (χ3n) is 2.46. The SMILES string of the molecule is Cn1ccnc1C(=O)NC1CCC1. The van der Waals surface area contributed by atoms with Crippen molar-refractivity contribution in [1.82, 2.24) is 14.9 Å². The molecular weight excluding hydrogens is 166 g/mol. The molecule has 1 saturated carbocycles. The van der Waals surface area contributed by atoms with E-state index in [0.717, 1.165) is 12.8 Å². The summed E-state index contributed by atoms with van der Waals surface area (Å²) in [6.07, 6.45) is 6.85. The van der Waals surface area contributed by atoms with Gasteiger partial charge in [0.25, 0.3) is 5.91 Å². The van der Waals surface area contributed by atoms with Gasteiger partial charge in [-0.05, 0) is 19.3 Å². The fraction of sp³-hybridized carbons (Fsp3) is 0.556. The first-order chi connectivity index (χ1) is 6.27. The van der Waals surface area contributed by atoms with Crippen LogP contribution in [0.5, 0.6) is 0 Å². The molecule has 1 aliphatic rings. The molecule has 0 radical (unpaired) electrons. The van der Waals surface area contributed by atoms with Gasteiger partial charge in [-0.1, -0.05) is 0 Å². The van der Waals surface area contributed by atoms with Crippen LogP contribution in [-0.2, 0) is 7.05 Å². The average Bonchev–Trinajstić information content (AvgIpc) is 2.43. The lowest BCUT2D eigenvalue weighted by atomic mass is 9.93. The molecule has 4 nitrogen and oxygen atoms in total. The van der Waals surface area contributed by atoms with Crippen molar-refractivity contribution in [2.75, 3.05) is 0 Å². The van der Waals surface area contributed by atoms with E-state index in [0.29, 0.717) is 11.9 Å². The van der Waals surface area contributed by atoms with Crippen molar-refractivity contribution in [3.63, 3.8) is 0 Å². The summed E-state index contributed by atoms with van der Waals surface area (Å²) in [6, 6.07) is 0.379. The molecule has 0 spiro atoms. The molecule has 1 amide bonds. The van der Waals surface area contributed by atoms with Crippen molar-refractivity contribution in [2.45, 2.75) is 25.3 Å². The van der Waals surface area contributed by atoms with Crippen LogP contribution in [0.1, 0.15) is 29.9 Å². The van der Waals surface area contributed by atoms with Crippen LogP contribution in [0.4, 0.5) is 0 Å². The van der Waals surface area contributed by atoms with Gasteiger partial charge in [-0.25, -0.2) is 4.98 Å². The highest BCUT2D eigenvalue weighted by Gasteiger charge is 2.21. The molecule has 0 unspecified atom stereocenters. The molecule has 4 heteroatoms. The maximum Gasteiger partial charge on any atom is 0.287 e. The van der Waals surface area contributed by atoms with Gasteiger partial charge in [0.15, 0.2) is 5.82 Å². The maximum absolute atomic E-state index is 11.5. The third kappa shape index (κ3) is 1.56. The summed E-state index contributed by atoms with van der Waals surface area (Å²) in [4.78, 5) is 15.5. The van der Waals surface area contributed by atoms with Gasteiger partial charge in [0.2, 0.25) is 0 Å². The van der Waals surface area contributed by atoms with Crippen LogP contribution in [0.3, 0.4) is 0 Å². The molecule has 1 aromatic rings. The Balaban J connectivity index is 2.00. The van der Waals surface area contributed by atoms with Gasteiger partial charge < -0.3 is 9.88 Å². The van der Waals surface area contributed by atoms with E-state index in [9.17, 15) is 4.79 Å². The number of hydrogen-bond donors (Lipinski definition) is 1. The predicted octanol–water partition coefficient (Wildman–Crippen LogP) is 0.702. The molecule has 2 rings (SSSR count). The van der Waals surface area contributed by atoms with Gasteiger partial charge in [0, 0.05) is 25.5 Å². The molecule has 0 aliphatic heterocycles. The molecule has 0 bridgehead atoms. The van der Waals surface area contributed by atoms with Crippen LogP contribution < -0.4 is 5.32 Å². The van der Waals surface area contributed by atoms with Crippen LogP contribution in [0.15, 0.2) is 12.4 Å². The Labute approximate surface area is 77.0 Å². The summed E-state index contributed by atoms with van der Waals surface area (Å²) in [5, 5.41) is 2.94. The fourth-order valence-electron chi connectivity index (χ4n) is 1.39. The van der Waals surface area contributed by atoms with Gasteiger partial charge >= 0.3 is 0 Å². The zero-order chi connectivity index (χ0) is 9.26. The molecule has 70 valence electrons. The van der Waals surface area contributed by atoms with Crippen molar-refractivity contribution in [3.8, 4) is 0 Å². The molecular formula is C9H13N3O. The molecule has 13 heavy (non-hydrogen) atoms. The lowest BCUT2D eigenvalue weighted by Gasteiger charge is -2.25. The van der Waals surface area contributed by atoms with E-state index in [-0.39, 0.29) is 5.91 Å². The van der Waals surface area contributed by atoms with E-state index in [2.05, 4.69) is 10.3 Å². The van der Waals surface area contributed by atoms with E-state index in [1.54, 1.807) is 17.0 Å². The highest BCUT2D eigenvalue weighted by Crippen LogP contribution is 2.18. The van der Waals surface area contributed by atoms with E-state index in [1.807, 2.05) is 7.05 Å². The second-order valence-electron chi connectivity index (χ2n) is 3.46. The average molecular weight is 179 g/mol. The van der Waals surface area contributed by atoms with E-state index < -0.39 is 0 Å². The molecule has 0 atom stereocenters. The summed E-state index contributed by atoms with van der Waals surface area (Å²) < 4.78 is 1.73. The summed E-state index contributed by atoms with van der Waals surface area (Å²) in [5.41, 5.74) is 0. The number of imidazole rings is 1.